The van der Waals surface area contributed by atoms with Gasteiger partial charge in [0, 0.05) is 0 Å². The molecule has 16 heavy (non-hydrogen) atoms. The summed E-state index contributed by atoms with van der Waals surface area (Å²) >= 11 is 5.86. The van der Waals surface area contributed by atoms with Crippen LogP contribution >= 0.6 is 11.6 Å². The Kier molecular flexibility index (Phi) is 2.86. The maximum absolute atomic E-state index is 5.86. The van der Waals surface area contributed by atoms with Gasteiger partial charge in [-0.1, -0.05) is 0 Å². The molecule has 92 valence electrons. The van der Waals surface area contributed by atoms with Crippen LogP contribution in [0.15, 0.2) is 0 Å². The molecule has 0 saturated carbocycles. The lowest BCUT2D eigenvalue weighted by molar-refractivity contribution is -0.285. The summed E-state index contributed by atoms with van der Waals surface area (Å²) in [4.78, 5) is 0. The molecule has 0 aromatic carbocycles. The Labute approximate surface area is 98.9 Å². The minimum absolute atomic E-state index is 0.151. The van der Waals surface area contributed by atoms with Crippen LogP contribution < -0.4 is 0 Å². The third kappa shape index (κ3) is 1.66. The average Bonchev–Trinajstić information content (AvgIpc) is 2.74. The van der Waals surface area contributed by atoms with Crippen molar-refractivity contribution >= 4 is 11.6 Å². The summed E-state index contributed by atoms with van der Waals surface area (Å²) < 4.78 is 28.1. The minimum atomic E-state index is -0.357. The molecule has 0 amide bonds. The Balaban J connectivity index is 1.78. The lowest BCUT2D eigenvalue weighted by Gasteiger charge is -2.36. The second kappa shape index (κ2) is 4.08. The quantitative estimate of drug-likeness (QED) is 0.646. The molecule has 0 aromatic rings. The summed E-state index contributed by atoms with van der Waals surface area (Å²) in [6.45, 7) is 3.70. The summed E-state index contributed by atoms with van der Waals surface area (Å²) in [5.74, 6) is 0.379. The lowest BCUT2D eigenvalue weighted by atomic mass is 10.1. The standard InChI is InChI=1S/C10H15ClO5/c1-4-12-6(3-11)7-8(13-4)9-10(16-7)15-5(2)14-9/h4-10H,3H2,1-2H3. The Morgan fingerprint density at radius 1 is 0.812 bits per heavy atom. The van der Waals surface area contributed by atoms with Crippen LogP contribution in [0.5, 0.6) is 0 Å². The van der Waals surface area contributed by atoms with E-state index < -0.39 is 0 Å². The number of rotatable bonds is 1. The van der Waals surface area contributed by atoms with Gasteiger partial charge in [0.15, 0.2) is 18.9 Å². The molecule has 5 nitrogen and oxygen atoms in total. The van der Waals surface area contributed by atoms with Crippen molar-refractivity contribution in [2.75, 3.05) is 5.88 Å². The van der Waals surface area contributed by atoms with Gasteiger partial charge in [-0.15, -0.1) is 11.6 Å². The smallest absolute Gasteiger partial charge is 0.190 e. The molecule has 0 aliphatic carbocycles. The molecular formula is C10H15ClO5. The number of fused-ring (bicyclic) bond motifs is 3. The summed E-state index contributed by atoms with van der Waals surface area (Å²) in [5.41, 5.74) is 0. The van der Waals surface area contributed by atoms with Gasteiger partial charge in [-0.3, -0.25) is 0 Å². The summed E-state index contributed by atoms with van der Waals surface area (Å²) in [7, 11) is 0. The van der Waals surface area contributed by atoms with Crippen molar-refractivity contribution in [3.63, 3.8) is 0 Å². The number of halogens is 1. The van der Waals surface area contributed by atoms with Crippen molar-refractivity contribution in [2.45, 2.75) is 57.1 Å². The van der Waals surface area contributed by atoms with Gasteiger partial charge < -0.3 is 23.7 Å². The first-order valence-electron chi connectivity index (χ1n) is 5.52. The second-order valence-electron chi connectivity index (χ2n) is 4.27. The molecule has 3 rings (SSSR count). The zero-order valence-electron chi connectivity index (χ0n) is 9.17. The molecule has 0 N–H and O–H groups in total. The maximum atomic E-state index is 5.86. The van der Waals surface area contributed by atoms with E-state index >= 15 is 0 Å². The number of hydrogen-bond acceptors (Lipinski definition) is 5. The Morgan fingerprint density at radius 3 is 2.25 bits per heavy atom. The van der Waals surface area contributed by atoms with Crippen molar-refractivity contribution in [3.05, 3.63) is 0 Å². The van der Waals surface area contributed by atoms with Gasteiger partial charge in [-0.25, -0.2) is 0 Å². The summed E-state index contributed by atoms with van der Waals surface area (Å²) in [6, 6.07) is 0. The van der Waals surface area contributed by atoms with Gasteiger partial charge in [-0.05, 0) is 13.8 Å². The Morgan fingerprint density at radius 2 is 1.50 bits per heavy atom. The fourth-order valence-corrected chi connectivity index (χ4v) is 2.75. The molecule has 3 aliphatic heterocycles. The molecule has 0 aromatic heterocycles. The molecule has 3 saturated heterocycles. The van der Waals surface area contributed by atoms with E-state index in [2.05, 4.69) is 0 Å². The van der Waals surface area contributed by atoms with Crippen molar-refractivity contribution in [1.82, 2.24) is 0 Å². The van der Waals surface area contributed by atoms with E-state index in [1.54, 1.807) is 0 Å². The van der Waals surface area contributed by atoms with E-state index in [0.29, 0.717) is 5.88 Å². The van der Waals surface area contributed by atoms with Gasteiger partial charge in [0.05, 0.1) is 5.88 Å². The molecule has 7 atom stereocenters. The van der Waals surface area contributed by atoms with E-state index in [9.17, 15) is 0 Å². The zero-order chi connectivity index (χ0) is 11.3. The van der Waals surface area contributed by atoms with E-state index in [-0.39, 0.29) is 43.3 Å². The zero-order valence-corrected chi connectivity index (χ0v) is 9.92. The molecule has 6 heteroatoms. The van der Waals surface area contributed by atoms with Crippen molar-refractivity contribution in [1.29, 1.82) is 0 Å². The van der Waals surface area contributed by atoms with E-state index in [0.717, 1.165) is 0 Å². The SMILES string of the molecule is CC1OC2OC3C(CCl)OC(C)OC3C2O1. The van der Waals surface area contributed by atoms with Crippen LogP contribution in [0.25, 0.3) is 0 Å². The fraction of sp³-hybridized carbons (Fsp3) is 1.00. The van der Waals surface area contributed by atoms with Gasteiger partial charge in [-0.2, -0.15) is 0 Å². The highest BCUT2D eigenvalue weighted by Gasteiger charge is 2.57. The van der Waals surface area contributed by atoms with Crippen molar-refractivity contribution in [2.24, 2.45) is 0 Å². The van der Waals surface area contributed by atoms with Gasteiger partial charge >= 0.3 is 0 Å². The highest BCUT2D eigenvalue weighted by molar-refractivity contribution is 6.18. The molecule has 3 heterocycles. The van der Waals surface area contributed by atoms with Gasteiger partial charge in [0.25, 0.3) is 0 Å². The topological polar surface area (TPSA) is 46.2 Å². The van der Waals surface area contributed by atoms with Crippen LogP contribution in [0.2, 0.25) is 0 Å². The van der Waals surface area contributed by atoms with Crippen LogP contribution in [0.4, 0.5) is 0 Å². The first-order chi connectivity index (χ1) is 7.69. The van der Waals surface area contributed by atoms with E-state index in [1.165, 1.54) is 0 Å². The first kappa shape index (κ1) is 11.2. The predicted molar refractivity (Wildman–Crippen MR) is 54.0 cm³/mol. The van der Waals surface area contributed by atoms with Crippen molar-refractivity contribution in [3.8, 4) is 0 Å². The second-order valence-corrected chi connectivity index (χ2v) is 4.58. The minimum Gasteiger partial charge on any atom is -0.346 e. The third-order valence-corrected chi connectivity index (χ3v) is 3.42. The maximum Gasteiger partial charge on any atom is 0.190 e. The average molecular weight is 251 g/mol. The Hall–Kier alpha value is 0.0900. The van der Waals surface area contributed by atoms with Gasteiger partial charge in [0.1, 0.15) is 24.4 Å². The summed E-state index contributed by atoms with van der Waals surface area (Å²) in [5, 5.41) is 0. The largest absolute Gasteiger partial charge is 0.346 e. The third-order valence-electron chi connectivity index (χ3n) is 3.12. The van der Waals surface area contributed by atoms with Crippen LogP contribution in [0.3, 0.4) is 0 Å². The molecule has 0 radical (unpaired) electrons. The first-order valence-corrected chi connectivity index (χ1v) is 6.06. The van der Waals surface area contributed by atoms with E-state index in [1.807, 2.05) is 13.8 Å². The molecular weight excluding hydrogens is 236 g/mol. The Bertz CT molecular complexity index is 276. The van der Waals surface area contributed by atoms with Gasteiger partial charge in [0.2, 0.25) is 0 Å². The van der Waals surface area contributed by atoms with Crippen LogP contribution in [-0.2, 0) is 23.7 Å². The number of ether oxygens (including phenoxy) is 5. The summed E-state index contributed by atoms with van der Waals surface area (Å²) in [6.07, 6.45) is -1.57. The number of hydrogen-bond donors (Lipinski definition) is 0. The highest BCUT2D eigenvalue weighted by atomic mass is 35.5. The molecule has 0 spiro atoms. The van der Waals surface area contributed by atoms with Crippen LogP contribution in [0, 0.1) is 0 Å². The van der Waals surface area contributed by atoms with E-state index in [4.69, 9.17) is 35.3 Å². The number of alkyl halides is 1. The highest BCUT2D eigenvalue weighted by Crippen LogP contribution is 2.39. The lowest BCUT2D eigenvalue weighted by Crippen LogP contribution is -2.51. The predicted octanol–water partition coefficient (Wildman–Crippen LogP) is 0.841. The molecule has 3 fully saturated rings. The normalized spacial score (nSPS) is 56.1. The van der Waals surface area contributed by atoms with Crippen LogP contribution in [-0.4, -0.2) is 49.2 Å². The molecule has 7 unspecified atom stereocenters. The van der Waals surface area contributed by atoms with Crippen molar-refractivity contribution < 1.29 is 23.7 Å². The van der Waals surface area contributed by atoms with Crippen LogP contribution in [0.1, 0.15) is 13.8 Å². The molecule has 3 aliphatic rings. The monoisotopic (exact) mass is 250 g/mol. The fourth-order valence-electron chi connectivity index (χ4n) is 2.50. The molecule has 0 bridgehead atoms.